The first-order valence-electron chi connectivity index (χ1n) is 6.75. The minimum Gasteiger partial charge on any atom is -0.372 e. The Bertz CT molecular complexity index is 367. The zero-order valence-electron chi connectivity index (χ0n) is 11.1. The minimum absolute atomic E-state index is 0.638. The Morgan fingerprint density at radius 1 is 1.24 bits per heavy atom. The summed E-state index contributed by atoms with van der Waals surface area (Å²) in [7, 11) is 2.23. The third kappa shape index (κ3) is 2.81. The summed E-state index contributed by atoms with van der Waals surface area (Å²) in [5.41, 5.74) is 9.61. The highest BCUT2D eigenvalue weighted by Gasteiger charge is 2.18. The molecule has 0 spiro atoms. The van der Waals surface area contributed by atoms with Crippen LogP contribution in [0.1, 0.15) is 43.2 Å². The summed E-state index contributed by atoms with van der Waals surface area (Å²) in [4.78, 5) is 2.45. The van der Waals surface area contributed by atoms with Gasteiger partial charge in [-0.05, 0) is 43.0 Å². The molecule has 2 rings (SSSR count). The van der Waals surface area contributed by atoms with Crippen LogP contribution in [0.15, 0.2) is 18.2 Å². The van der Waals surface area contributed by atoms with Crippen LogP contribution in [0.3, 0.4) is 0 Å². The van der Waals surface area contributed by atoms with E-state index in [4.69, 9.17) is 5.73 Å². The van der Waals surface area contributed by atoms with Gasteiger partial charge in [0.15, 0.2) is 0 Å². The molecule has 1 aromatic rings. The van der Waals surface area contributed by atoms with Gasteiger partial charge in [0.2, 0.25) is 0 Å². The van der Waals surface area contributed by atoms with Crippen LogP contribution in [-0.4, -0.2) is 13.1 Å². The van der Waals surface area contributed by atoms with Crippen LogP contribution in [0.25, 0.3) is 0 Å². The summed E-state index contributed by atoms with van der Waals surface area (Å²) in [6.07, 6.45) is 6.86. The quantitative estimate of drug-likeness (QED) is 0.867. The number of aryl methyl sites for hydroxylation is 1. The van der Waals surface area contributed by atoms with Crippen molar-refractivity contribution in [2.24, 2.45) is 5.73 Å². The molecule has 2 heteroatoms. The first kappa shape index (κ1) is 12.4. The topological polar surface area (TPSA) is 29.3 Å². The molecule has 1 aliphatic carbocycles. The number of benzene rings is 1. The van der Waals surface area contributed by atoms with Crippen molar-refractivity contribution in [3.8, 4) is 0 Å². The Balaban J connectivity index is 2.12. The molecule has 17 heavy (non-hydrogen) atoms. The summed E-state index contributed by atoms with van der Waals surface area (Å²) in [5, 5.41) is 0. The van der Waals surface area contributed by atoms with Gasteiger partial charge in [-0.2, -0.15) is 0 Å². The van der Waals surface area contributed by atoms with Gasteiger partial charge in [0.05, 0.1) is 0 Å². The second-order valence-electron chi connectivity index (χ2n) is 5.22. The van der Waals surface area contributed by atoms with E-state index in [0.29, 0.717) is 6.54 Å². The Labute approximate surface area is 105 Å². The van der Waals surface area contributed by atoms with Crippen LogP contribution in [0.5, 0.6) is 0 Å². The number of nitrogens with zero attached hydrogens (tertiary/aromatic N) is 1. The van der Waals surface area contributed by atoms with Gasteiger partial charge in [-0.3, -0.25) is 0 Å². The van der Waals surface area contributed by atoms with E-state index in [9.17, 15) is 0 Å². The summed E-state index contributed by atoms with van der Waals surface area (Å²) < 4.78 is 0. The van der Waals surface area contributed by atoms with Crippen molar-refractivity contribution in [2.75, 3.05) is 11.9 Å². The predicted octanol–water partition coefficient (Wildman–Crippen LogP) is 3.22. The van der Waals surface area contributed by atoms with Crippen LogP contribution in [0, 0.1) is 6.92 Å². The third-order valence-electron chi connectivity index (χ3n) is 4.08. The number of nitrogens with two attached hydrogens (primary N) is 1. The average Bonchev–Trinajstić information content (AvgIpc) is 2.39. The van der Waals surface area contributed by atoms with Gasteiger partial charge in [-0.1, -0.05) is 25.3 Å². The molecular weight excluding hydrogens is 208 g/mol. The highest BCUT2D eigenvalue weighted by atomic mass is 15.1. The fourth-order valence-electron chi connectivity index (χ4n) is 2.81. The summed E-state index contributed by atoms with van der Waals surface area (Å²) in [6.45, 7) is 2.79. The molecule has 0 heterocycles. The third-order valence-corrected chi connectivity index (χ3v) is 4.08. The minimum atomic E-state index is 0.638. The number of rotatable bonds is 3. The first-order chi connectivity index (χ1) is 8.22. The average molecular weight is 232 g/mol. The van der Waals surface area contributed by atoms with Gasteiger partial charge in [0.25, 0.3) is 0 Å². The zero-order valence-corrected chi connectivity index (χ0v) is 11.1. The van der Waals surface area contributed by atoms with Gasteiger partial charge in [-0.15, -0.1) is 0 Å². The van der Waals surface area contributed by atoms with E-state index in [1.807, 2.05) is 0 Å². The standard InChI is InChI=1S/C15H24N2/c1-12-10-15(9-8-13(12)11-16)17(2)14-6-4-3-5-7-14/h8-10,14H,3-7,11,16H2,1-2H3. The van der Waals surface area contributed by atoms with Crippen molar-refractivity contribution in [2.45, 2.75) is 51.6 Å². The molecule has 1 aromatic carbocycles. The second kappa shape index (κ2) is 5.54. The number of hydrogen-bond acceptors (Lipinski definition) is 2. The van der Waals surface area contributed by atoms with Crippen molar-refractivity contribution in [1.29, 1.82) is 0 Å². The van der Waals surface area contributed by atoms with Gasteiger partial charge >= 0.3 is 0 Å². The normalized spacial score (nSPS) is 17.1. The molecule has 94 valence electrons. The van der Waals surface area contributed by atoms with Crippen LogP contribution < -0.4 is 10.6 Å². The molecular formula is C15H24N2. The summed E-state index contributed by atoms with van der Waals surface area (Å²) >= 11 is 0. The van der Waals surface area contributed by atoms with Crippen molar-refractivity contribution in [1.82, 2.24) is 0 Å². The van der Waals surface area contributed by atoms with E-state index in [2.05, 4.69) is 37.1 Å². The lowest BCUT2D eigenvalue weighted by molar-refractivity contribution is 0.427. The molecule has 1 aliphatic rings. The monoisotopic (exact) mass is 232 g/mol. The number of hydrogen-bond donors (Lipinski definition) is 1. The molecule has 0 aliphatic heterocycles. The lowest BCUT2D eigenvalue weighted by atomic mass is 9.94. The number of anilines is 1. The largest absolute Gasteiger partial charge is 0.372 e. The van der Waals surface area contributed by atoms with Crippen LogP contribution in [-0.2, 0) is 6.54 Å². The van der Waals surface area contributed by atoms with E-state index in [-0.39, 0.29) is 0 Å². The molecule has 2 N–H and O–H groups in total. The molecule has 0 saturated heterocycles. The van der Waals surface area contributed by atoms with Gasteiger partial charge in [-0.25, -0.2) is 0 Å². The predicted molar refractivity (Wildman–Crippen MR) is 74.3 cm³/mol. The smallest absolute Gasteiger partial charge is 0.0368 e. The van der Waals surface area contributed by atoms with Gasteiger partial charge in [0, 0.05) is 25.3 Å². The van der Waals surface area contributed by atoms with Gasteiger partial charge in [0.1, 0.15) is 0 Å². The van der Waals surface area contributed by atoms with Crippen molar-refractivity contribution < 1.29 is 0 Å². The van der Waals surface area contributed by atoms with Crippen LogP contribution in [0.4, 0.5) is 5.69 Å². The molecule has 1 fully saturated rings. The van der Waals surface area contributed by atoms with E-state index in [1.54, 1.807) is 0 Å². The molecule has 0 radical (unpaired) electrons. The van der Waals surface area contributed by atoms with Crippen molar-refractivity contribution in [3.05, 3.63) is 29.3 Å². The van der Waals surface area contributed by atoms with E-state index < -0.39 is 0 Å². The van der Waals surface area contributed by atoms with E-state index in [1.165, 1.54) is 48.9 Å². The molecule has 0 unspecified atom stereocenters. The molecule has 2 nitrogen and oxygen atoms in total. The summed E-state index contributed by atoms with van der Waals surface area (Å²) in [6, 6.07) is 7.39. The fourth-order valence-corrected chi connectivity index (χ4v) is 2.81. The maximum absolute atomic E-state index is 5.71. The molecule has 0 amide bonds. The molecule has 1 saturated carbocycles. The van der Waals surface area contributed by atoms with Crippen molar-refractivity contribution in [3.63, 3.8) is 0 Å². The maximum atomic E-state index is 5.71. The lowest BCUT2D eigenvalue weighted by Gasteiger charge is -2.33. The van der Waals surface area contributed by atoms with Crippen LogP contribution in [0.2, 0.25) is 0 Å². The molecule has 0 bridgehead atoms. The Morgan fingerprint density at radius 3 is 2.53 bits per heavy atom. The molecule has 0 aromatic heterocycles. The fraction of sp³-hybridized carbons (Fsp3) is 0.600. The summed E-state index contributed by atoms with van der Waals surface area (Å²) in [5.74, 6) is 0. The van der Waals surface area contributed by atoms with E-state index >= 15 is 0 Å². The first-order valence-corrected chi connectivity index (χ1v) is 6.75. The Hall–Kier alpha value is -1.02. The SMILES string of the molecule is Cc1cc(N(C)C2CCCCC2)ccc1CN. The maximum Gasteiger partial charge on any atom is 0.0368 e. The zero-order chi connectivity index (χ0) is 12.3. The second-order valence-corrected chi connectivity index (χ2v) is 5.22. The van der Waals surface area contributed by atoms with Crippen LogP contribution >= 0.6 is 0 Å². The lowest BCUT2D eigenvalue weighted by Crippen LogP contribution is -2.33. The highest BCUT2D eigenvalue weighted by Crippen LogP contribution is 2.27. The van der Waals surface area contributed by atoms with E-state index in [0.717, 1.165) is 6.04 Å². The van der Waals surface area contributed by atoms with Crippen molar-refractivity contribution >= 4 is 5.69 Å². The highest BCUT2D eigenvalue weighted by molar-refractivity contribution is 5.51. The Morgan fingerprint density at radius 2 is 1.94 bits per heavy atom. The molecule has 0 atom stereocenters. The van der Waals surface area contributed by atoms with Gasteiger partial charge < -0.3 is 10.6 Å². The Kier molecular flexibility index (Phi) is 4.06.